The molecule has 2 aliphatic heterocycles. The first-order chi connectivity index (χ1) is 14.7. The number of hydrogen-bond donors (Lipinski definition) is 1. The third-order valence-corrected chi connectivity index (χ3v) is 6.11. The van der Waals surface area contributed by atoms with Crippen molar-refractivity contribution in [2.75, 3.05) is 36.1 Å². The topological polar surface area (TPSA) is 45.6 Å². The average molecular weight is 420 g/mol. The molecule has 0 spiro atoms. The quantitative estimate of drug-likeness (QED) is 0.654. The summed E-state index contributed by atoms with van der Waals surface area (Å²) in [6.45, 7) is 3.42. The molecule has 2 aromatic heterocycles. The Labute approximate surface area is 182 Å². The predicted octanol–water partition coefficient (Wildman–Crippen LogP) is 3.43. The van der Waals surface area contributed by atoms with Crippen molar-refractivity contribution in [3.63, 3.8) is 0 Å². The molecule has 7 heteroatoms. The fraction of sp³-hybridized carbons (Fsp3) is 0.304. The van der Waals surface area contributed by atoms with E-state index in [1.807, 2.05) is 25.4 Å². The lowest BCUT2D eigenvalue weighted by molar-refractivity contribution is 0.122. The molecule has 5 rings (SSSR count). The van der Waals surface area contributed by atoms with Crippen LogP contribution in [0.1, 0.15) is 23.3 Å². The standard InChI is InChI=1S/C23H25N5OS/c1-26-11-9-17(16-26)22-21(20-4-2-3-10-24-20)25-23(30)28(22)19-7-5-18(6-8-19)27-12-14-29-15-13-27/h2-11,16,21-22H,12-15H2,1H3,(H,25,30)/t21-,22+/m1/s1. The van der Waals surface area contributed by atoms with Crippen LogP contribution in [0.25, 0.3) is 0 Å². The summed E-state index contributed by atoms with van der Waals surface area (Å²) in [4.78, 5) is 9.18. The minimum Gasteiger partial charge on any atom is -0.378 e. The summed E-state index contributed by atoms with van der Waals surface area (Å²) in [5.41, 5.74) is 4.49. The van der Waals surface area contributed by atoms with Crippen molar-refractivity contribution in [2.24, 2.45) is 7.05 Å². The number of thiocarbonyl (C=S) groups is 1. The lowest BCUT2D eigenvalue weighted by Gasteiger charge is -2.30. The molecule has 0 radical (unpaired) electrons. The first-order valence-electron chi connectivity index (χ1n) is 10.3. The van der Waals surface area contributed by atoms with E-state index < -0.39 is 0 Å². The third-order valence-electron chi connectivity index (χ3n) is 5.80. The van der Waals surface area contributed by atoms with Crippen LogP contribution in [0.2, 0.25) is 0 Å². The molecule has 1 N–H and O–H groups in total. The van der Waals surface area contributed by atoms with Gasteiger partial charge in [-0.1, -0.05) is 6.07 Å². The van der Waals surface area contributed by atoms with Crippen molar-refractivity contribution in [3.8, 4) is 0 Å². The van der Waals surface area contributed by atoms with Crippen molar-refractivity contribution in [1.29, 1.82) is 0 Å². The van der Waals surface area contributed by atoms with Gasteiger partial charge >= 0.3 is 0 Å². The van der Waals surface area contributed by atoms with Crippen LogP contribution < -0.4 is 15.1 Å². The van der Waals surface area contributed by atoms with Crippen molar-refractivity contribution < 1.29 is 4.74 Å². The van der Waals surface area contributed by atoms with Gasteiger partial charge in [0.1, 0.15) is 0 Å². The number of nitrogens with zero attached hydrogens (tertiary/aromatic N) is 4. The highest BCUT2D eigenvalue weighted by molar-refractivity contribution is 7.80. The van der Waals surface area contributed by atoms with Crippen LogP contribution in [-0.2, 0) is 11.8 Å². The minimum atomic E-state index is -0.0139. The third kappa shape index (κ3) is 3.55. The number of benzene rings is 1. The largest absolute Gasteiger partial charge is 0.378 e. The summed E-state index contributed by atoms with van der Waals surface area (Å²) in [6, 6.07) is 16.9. The summed E-state index contributed by atoms with van der Waals surface area (Å²) in [6.07, 6.45) is 6.07. The normalized spacial score (nSPS) is 21.7. The summed E-state index contributed by atoms with van der Waals surface area (Å²) >= 11 is 5.79. The SMILES string of the molecule is Cn1ccc([C@H]2[C@@H](c3ccccn3)NC(=S)N2c2ccc(N3CCOCC3)cc2)c1. The van der Waals surface area contributed by atoms with Gasteiger partial charge in [0, 0.05) is 50.1 Å². The highest BCUT2D eigenvalue weighted by atomic mass is 32.1. The van der Waals surface area contributed by atoms with Gasteiger partial charge in [-0.15, -0.1) is 0 Å². The highest BCUT2D eigenvalue weighted by Crippen LogP contribution is 2.41. The summed E-state index contributed by atoms with van der Waals surface area (Å²) < 4.78 is 7.55. The second-order valence-corrected chi connectivity index (χ2v) is 8.11. The van der Waals surface area contributed by atoms with Gasteiger partial charge < -0.3 is 24.4 Å². The number of aromatic nitrogens is 2. The van der Waals surface area contributed by atoms with Crippen LogP contribution in [-0.4, -0.2) is 41.0 Å². The first kappa shape index (κ1) is 19.1. The number of morpholine rings is 1. The molecule has 2 aliphatic rings. The van der Waals surface area contributed by atoms with Gasteiger partial charge in [0.15, 0.2) is 5.11 Å². The van der Waals surface area contributed by atoms with Crippen molar-refractivity contribution >= 4 is 28.7 Å². The fourth-order valence-corrected chi connectivity index (χ4v) is 4.66. The summed E-state index contributed by atoms with van der Waals surface area (Å²) in [5.74, 6) is 0. The smallest absolute Gasteiger partial charge is 0.174 e. The van der Waals surface area contributed by atoms with E-state index in [0.717, 1.165) is 42.8 Å². The number of rotatable bonds is 4. The molecule has 30 heavy (non-hydrogen) atoms. The molecule has 2 saturated heterocycles. The van der Waals surface area contributed by atoms with Gasteiger partial charge in [-0.2, -0.15) is 0 Å². The van der Waals surface area contributed by atoms with Gasteiger partial charge in [0.25, 0.3) is 0 Å². The molecule has 154 valence electrons. The van der Waals surface area contributed by atoms with Crippen LogP contribution in [0.3, 0.4) is 0 Å². The zero-order valence-corrected chi connectivity index (χ0v) is 17.8. The molecule has 0 amide bonds. The van der Waals surface area contributed by atoms with E-state index in [-0.39, 0.29) is 12.1 Å². The molecule has 4 heterocycles. The Kier molecular flexibility index (Phi) is 5.14. The van der Waals surface area contributed by atoms with E-state index in [2.05, 4.69) is 73.5 Å². The lowest BCUT2D eigenvalue weighted by atomic mass is 9.98. The van der Waals surface area contributed by atoms with Crippen LogP contribution in [0, 0.1) is 0 Å². The summed E-state index contributed by atoms with van der Waals surface area (Å²) in [7, 11) is 2.04. The van der Waals surface area contributed by atoms with Crippen molar-refractivity contribution in [1.82, 2.24) is 14.9 Å². The van der Waals surface area contributed by atoms with Gasteiger partial charge in [0.05, 0.1) is 31.0 Å². The summed E-state index contributed by atoms with van der Waals surface area (Å²) in [5, 5.41) is 4.23. The molecule has 2 atom stereocenters. The Morgan fingerprint density at radius 2 is 1.80 bits per heavy atom. The molecule has 1 aromatic carbocycles. The Bertz CT molecular complexity index is 1010. The average Bonchev–Trinajstić information content (AvgIpc) is 3.38. The molecule has 2 fully saturated rings. The molecule has 6 nitrogen and oxygen atoms in total. The number of anilines is 2. The Morgan fingerprint density at radius 1 is 1.03 bits per heavy atom. The second-order valence-electron chi connectivity index (χ2n) is 7.72. The Morgan fingerprint density at radius 3 is 2.47 bits per heavy atom. The molecule has 0 aliphatic carbocycles. The molecular formula is C23H25N5OS. The number of hydrogen-bond acceptors (Lipinski definition) is 4. The Balaban J connectivity index is 1.50. The van der Waals surface area contributed by atoms with Gasteiger partial charge in [-0.25, -0.2) is 0 Å². The van der Waals surface area contributed by atoms with Crippen molar-refractivity contribution in [2.45, 2.75) is 12.1 Å². The predicted molar refractivity (Wildman–Crippen MR) is 123 cm³/mol. The second kappa shape index (κ2) is 8.08. The zero-order valence-electron chi connectivity index (χ0n) is 16.9. The Hall–Kier alpha value is -2.90. The fourth-order valence-electron chi connectivity index (χ4n) is 4.32. The van der Waals surface area contributed by atoms with Gasteiger partial charge in [-0.3, -0.25) is 4.98 Å². The van der Waals surface area contributed by atoms with E-state index in [1.165, 1.54) is 11.3 Å². The molecular weight excluding hydrogens is 394 g/mol. The molecule has 0 bridgehead atoms. The van der Waals surface area contributed by atoms with E-state index in [0.29, 0.717) is 0 Å². The van der Waals surface area contributed by atoms with E-state index in [4.69, 9.17) is 17.0 Å². The van der Waals surface area contributed by atoms with Crippen LogP contribution >= 0.6 is 12.2 Å². The number of aryl methyl sites for hydroxylation is 1. The van der Waals surface area contributed by atoms with Gasteiger partial charge in [0.2, 0.25) is 0 Å². The number of nitrogens with one attached hydrogen (secondary N) is 1. The maximum Gasteiger partial charge on any atom is 0.174 e. The van der Waals surface area contributed by atoms with E-state index in [1.54, 1.807) is 0 Å². The zero-order chi connectivity index (χ0) is 20.5. The highest BCUT2D eigenvalue weighted by Gasteiger charge is 2.41. The van der Waals surface area contributed by atoms with E-state index in [9.17, 15) is 0 Å². The molecule has 0 unspecified atom stereocenters. The minimum absolute atomic E-state index is 0.0139. The van der Waals surface area contributed by atoms with Crippen molar-refractivity contribution in [3.05, 3.63) is 78.4 Å². The van der Waals surface area contributed by atoms with E-state index >= 15 is 0 Å². The monoisotopic (exact) mass is 419 g/mol. The maximum absolute atomic E-state index is 5.79. The van der Waals surface area contributed by atoms with Crippen LogP contribution in [0.5, 0.6) is 0 Å². The van der Waals surface area contributed by atoms with Crippen LogP contribution in [0.15, 0.2) is 67.1 Å². The maximum atomic E-state index is 5.79. The number of ether oxygens (including phenoxy) is 1. The van der Waals surface area contributed by atoms with Gasteiger partial charge in [-0.05, 0) is 60.2 Å². The number of pyridine rings is 1. The lowest BCUT2D eigenvalue weighted by Crippen LogP contribution is -2.36. The molecule has 0 saturated carbocycles. The van der Waals surface area contributed by atoms with Crippen LogP contribution in [0.4, 0.5) is 11.4 Å². The molecule has 3 aromatic rings. The first-order valence-corrected chi connectivity index (χ1v) is 10.7.